The minimum Gasteiger partial charge on any atom is -0.466 e. The Morgan fingerprint density at radius 2 is 2.19 bits per heavy atom. The lowest BCUT2D eigenvalue weighted by molar-refractivity contribution is -0.149. The van der Waals surface area contributed by atoms with Gasteiger partial charge in [-0.1, -0.05) is 17.7 Å². The third kappa shape index (κ3) is 3.56. The number of benzene rings is 1. The third-order valence-corrected chi connectivity index (χ3v) is 4.24. The predicted octanol–water partition coefficient (Wildman–Crippen LogP) is 3.06. The van der Waals surface area contributed by atoms with Gasteiger partial charge in [-0.15, -0.1) is 0 Å². The molecule has 1 heterocycles. The summed E-state index contributed by atoms with van der Waals surface area (Å²) in [5.41, 5.74) is 1.38. The molecule has 1 aliphatic heterocycles. The Balaban J connectivity index is 2.12. The van der Waals surface area contributed by atoms with Gasteiger partial charge >= 0.3 is 5.97 Å². The Kier molecular flexibility index (Phi) is 5.23. The number of rotatable bonds is 3. The van der Waals surface area contributed by atoms with E-state index in [1.54, 1.807) is 30.0 Å². The highest BCUT2D eigenvalue weighted by molar-refractivity contribution is 6.31. The van der Waals surface area contributed by atoms with Gasteiger partial charge in [0.1, 0.15) is 0 Å². The lowest BCUT2D eigenvalue weighted by Gasteiger charge is -2.32. The number of amides is 1. The predicted molar refractivity (Wildman–Crippen MR) is 81.4 cm³/mol. The van der Waals surface area contributed by atoms with Crippen LogP contribution in [0.1, 0.15) is 35.7 Å². The highest BCUT2D eigenvalue weighted by Gasteiger charge is 2.30. The molecule has 0 spiro atoms. The number of halogens is 1. The number of likely N-dealkylation sites (tertiary alicyclic amines) is 1. The molecule has 114 valence electrons. The van der Waals surface area contributed by atoms with Gasteiger partial charge in [-0.05, 0) is 44.4 Å². The Bertz CT molecular complexity index is 544. The van der Waals surface area contributed by atoms with Crippen LogP contribution in [0.3, 0.4) is 0 Å². The van der Waals surface area contributed by atoms with Crippen LogP contribution in [0.5, 0.6) is 0 Å². The van der Waals surface area contributed by atoms with E-state index in [0.717, 1.165) is 18.4 Å². The molecule has 1 aromatic carbocycles. The summed E-state index contributed by atoms with van der Waals surface area (Å²) < 4.78 is 5.06. The molecular formula is C16H20ClNO3. The highest BCUT2D eigenvalue weighted by atomic mass is 35.5. The zero-order valence-corrected chi connectivity index (χ0v) is 13.2. The topological polar surface area (TPSA) is 46.6 Å². The van der Waals surface area contributed by atoms with E-state index in [-0.39, 0.29) is 17.8 Å². The van der Waals surface area contributed by atoms with Gasteiger partial charge in [0.2, 0.25) is 0 Å². The van der Waals surface area contributed by atoms with Crippen molar-refractivity contribution >= 4 is 23.5 Å². The van der Waals surface area contributed by atoms with Crippen LogP contribution < -0.4 is 0 Å². The summed E-state index contributed by atoms with van der Waals surface area (Å²) in [5.74, 6) is -0.496. The number of hydrogen-bond acceptors (Lipinski definition) is 3. The largest absolute Gasteiger partial charge is 0.466 e. The average molecular weight is 310 g/mol. The number of hydrogen-bond donors (Lipinski definition) is 0. The molecule has 4 nitrogen and oxygen atoms in total. The minimum absolute atomic E-state index is 0.0657. The van der Waals surface area contributed by atoms with Crippen LogP contribution in [0.4, 0.5) is 0 Å². The summed E-state index contributed by atoms with van der Waals surface area (Å²) in [4.78, 5) is 26.2. The Hall–Kier alpha value is -1.55. The fourth-order valence-electron chi connectivity index (χ4n) is 2.62. The number of piperidine rings is 1. The minimum atomic E-state index is -0.220. The summed E-state index contributed by atoms with van der Waals surface area (Å²) in [6, 6.07) is 5.32. The van der Waals surface area contributed by atoms with Gasteiger partial charge in [-0.2, -0.15) is 0 Å². The Labute approximate surface area is 130 Å². The maximum absolute atomic E-state index is 12.6. The van der Waals surface area contributed by atoms with Crippen molar-refractivity contribution in [3.8, 4) is 0 Å². The summed E-state index contributed by atoms with van der Waals surface area (Å²) in [6.07, 6.45) is 1.59. The van der Waals surface area contributed by atoms with Crippen molar-refractivity contribution in [2.24, 2.45) is 5.92 Å². The number of carbonyl (C=O) groups is 2. The van der Waals surface area contributed by atoms with E-state index >= 15 is 0 Å². The van der Waals surface area contributed by atoms with Crippen molar-refractivity contribution in [2.75, 3.05) is 19.7 Å². The number of esters is 1. The number of ether oxygens (including phenoxy) is 1. The molecule has 1 atom stereocenters. The Morgan fingerprint density at radius 3 is 2.90 bits per heavy atom. The van der Waals surface area contributed by atoms with Crippen LogP contribution in [0.2, 0.25) is 5.02 Å². The van der Waals surface area contributed by atoms with Crippen LogP contribution in [0.25, 0.3) is 0 Å². The zero-order valence-electron chi connectivity index (χ0n) is 12.4. The summed E-state index contributed by atoms with van der Waals surface area (Å²) in [7, 11) is 0. The van der Waals surface area contributed by atoms with Crippen molar-refractivity contribution in [1.82, 2.24) is 4.90 Å². The molecule has 0 bridgehead atoms. The quantitative estimate of drug-likeness (QED) is 0.806. The van der Waals surface area contributed by atoms with E-state index in [0.29, 0.717) is 30.3 Å². The highest BCUT2D eigenvalue weighted by Crippen LogP contribution is 2.24. The van der Waals surface area contributed by atoms with E-state index < -0.39 is 0 Å². The van der Waals surface area contributed by atoms with Crippen molar-refractivity contribution in [3.63, 3.8) is 0 Å². The molecule has 1 saturated heterocycles. The van der Waals surface area contributed by atoms with Crippen LogP contribution in [0, 0.1) is 12.8 Å². The first kappa shape index (κ1) is 15.8. The number of nitrogens with zero attached hydrogens (tertiary/aromatic N) is 1. The molecule has 0 N–H and O–H groups in total. The molecule has 2 rings (SSSR count). The molecule has 0 saturated carbocycles. The summed E-state index contributed by atoms with van der Waals surface area (Å²) >= 11 is 6.07. The van der Waals surface area contributed by atoms with Gasteiger partial charge in [-0.25, -0.2) is 0 Å². The molecule has 1 fully saturated rings. The van der Waals surface area contributed by atoms with Gasteiger partial charge in [-0.3, -0.25) is 9.59 Å². The van der Waals surface area contributed by atoms with Gasteiger partial charge in [0, 0.05) is 23.7 Å². The van der Waals surface area contributed by atoms with Gasteiger partial charge in [0.25, 0.3) is 5.91 Å². The molecule has 1 aliphatic rings. The first-order valence-electron chi connectivity index (χ1n) is 7.25. The molecular weight excluding hydrogens is 290 g/mol. The van der Waals surface area contributed by atoms with E-state index in [4.69, 9.17) is 16.3 Å². The van der Waals surface area contributed by atoms with E-state index in [9.17, 15) is 9.59 Å². The first-order valence-corrected chi connectivity index (χ1v) is 7.63. The van der Waals surface area contributed by atoms with E-state index in [1.807, 2.05) is 6.92 Å². The fraction of sp³-hybridized carbons (Fsp3) is 0.500. The second kappa shape index (κ2) is 6.94. The van der Waals surface area contributed by atoms with Crippen molar-refractivity contribution < 1.29 is 14.3 Å². The van der Waals surface area contributed by atoms with Crippen molar-refractivity contribution in [1.29, 1.82) is 0 Å². The molecule has 21 heavy (non-hydrogen) atoms. The maximum atomic E-state index is 12.6. The van der Waals surface area contributed by atoms with Crippen molar-refractivity contribution in [2.45, 2.75) is 26.7 Å². The van der Waals surface area contributed by atoms with Crippen molar-refractivity contribution in [3.05, 3.63) is 34.3 Å². The summed E-state index contributed by atoms with van der Waals surface area (Å²) in [6.45, 7) is 5.09. The molecule has 1 amide bonds. The van der Waals surface area contributed by atoms with Gasteiger partial charge in [0.15, 0.2) is 0 Å². The third-order valence-electron chi connectivity index (χ3n) is 3.83. The maximum Gasteiger partial charge on any atom is 0.310 e. The van der Waals surface area contributed by atoms with Crippen LogP contribution >= 0.6 is 11.6 Å². The van der Waals surface area contributed by atoms with Crippen LogP contribution in [-0.4, -0.2) is 36.5 Å². The first-order chi connectivity index (χ1) is 10.0. The second-order valence-corrected chi connectivity index (χ2v) is 5.66. The standard InChI is InChI=1S/C16H20ClNO3/c1-3-21-16(20)12-6-5-9-18(10-12)15(19)13-7-4-8-14(17)11(13)2/h4,7-8,12H,3,5-6,9-10H2,1-2H3/t12-/m0/s1. The van der Waals surface area contributed by atoms with Gasteiger partial charge < -0.3 is 9.64 Å². The monoisotopic (exact) mass is 309 g/mol. The van der Waals surface area contributed by atoms with Crippen LogP contribution in [0.15, 0.2) is 18.2 Å². The molecule has 0 radical (unpaired) electrons. The summed E-state index contributed by atoms with van der Waals surface area (Å²) in [5, 5.41) is 0.583. The molecule has 0 unspecified atom stereocenters. The SMILES string of the molecule is CCOC(=O)[C@H]1CCCN(C(=O)c2cccc(Cl)c2C)C1. The second-order valence-electron chi connectivity index (χ2n) is 5.25. The molecule has 5 heteroatoms. The van der Waals surface area contributed by atoms with Gasteiger partial charge in [0.05, 0.1) is 12.5 Å². The lowest BCUT2D eigenvalue weighted by Crippen LogP contribution is -2.43. The molecule has 0 aliphatic carbocycles. The van der Waals surface area contributed by atoms with Crippen LogP contribution in [-0.2, 0) is 9.53 Å². The van der Waals surface area contributed by atoms with E-state index in [2.05, 4.69) is 0 Å². The normalized spacial score (nSPS) is 18.4. The number of carbonyl (C=O) groups excluding carboxylic acids is 2. The zero-order chi connectivity index (χ0) is 15.4. The molecule has 0 aromatic heterocycles. The smallest absolute Gasteiger partial charge is 0.310 e. The lowest BCUT2D eigenvalue weighted by atomic mass is 9.97. The molecule has 1 aromatic rings. The average Bonchev–Trinajstić information content (AvgIpc) is 2.50. The Morgan fingerprint density at radius 1 is 1.43 bits per heavy atom. The van der Waals surface area contributed by atoms with E-state index in [1.165, 1.54) is 0 Å². The fourth-order valence-corrected chi connectivity index (χ4v) is 2.80.